The molecule has 8 heteroatoms. The minimum absolute atomic E-state index is 0.0757. The van der Waals surface area contributed by atoms with Gasteiger partial charge < -0.3 is 9.15 Å². The van der Waals surface area contributed by atoms with Gasteiger partial charge in [0.05, 0.1) is 17.5 Å². The molecule has 1 aliphatic rings. The fourth-order valence-electron chi connectivity index (χ4n) is 3.93. The third-order valence-corrected chi connectivity index (χ3v) is 7.34. The molecule has 3 aromatic rings. The summed E-state index contributed by atoms with van der Waals surface area (Å²) in [7, 11) is -3.79. The molecule has 0 N–H and O–H groups in total. The molecule has 158 valence electrons. The van der Waals surface area contributed by atoms with E-state index in [0.717, 1.165) is 12.0 Å². The molecule has 30 heavy (non-hydrogen) atoms. The lowest BCUT2D eigenvalue weighted by Crippen LogP contribution is -2.30. The summed E-state index contributed by atoms with van der Waals surface area (Å²) in [6, 6.07) is 10.2. The first-order chi connectivity index (χ1) is 14.3. The highest BCUT2D eigenvalue weighted by Gasteiger charge is 2.36. The summed E-state index contributed by atoms with van der Waals surface area (Å²) < 4.78 is 52.2. The predicted octanol–water partition coefficient (Wildman–Crippen LogP) is 4.58. The van der Waals surface area contributed by atoms with Gasteiger partial charge in [0.25, 0.3) is 0 Å². The van der Waals surface area contributed by atoms with E-state index in [4.69, 9.17) is 9.15 Å². The molecule has 0 aliphatic carbocycles. The highest BCUT2D eigenvalue weighted by molar-refractivity contribution is 7.89. The van der Waals surface area contributed by atoms with Crippen LogP contribution < -0.4 is 0 Å². The molecule has 4 rings (SSSR count). The maximum Gasteiger partial charge on any atom is 0.374 e. The van der Waals surface area contributed by atoms with E-state index in [-0.39, 0.29) is 29.1 Å². The Labute approximate surface area is 174 Å². The Kier molecular flexibility index (Phi) is 5.38. The summed E-state index contributed by atoms with van der Waals surface area (Å²) >= 11 is 0. The second-order valence-electron chi connectivity index (χ2n) is 7.26. The predicted molar refractivity (Wildman–Crippen MR) is 109 cm³/mol. The van der Waals surface area contributed by atoms with Crippen molar-refractivity contribution in [3.63, 3.8) is 0 Å². The molecular formula is C22H22FNO5S. The van der Waals surface area contributed by atoms with Gasteiger partial charge in [-0.25, -0.2) is 17.6 Å². The Bertz CT molecular complexity index is 1200. The van der Waals surface area contributed by atoms with Crippen LogP contribution in [0.25, 0.3) is 11.0 Å². The third-order valence-electron chi connectivity index (χ3n) is 5.43. The van der Waals surface area contributed by atoms with Crippen LogP contribution in [0.5, 0.6) is 0 Å². The Morgan fingerprint density at radius 2 is 1.97 bits per heavy atom. The SMILES string of the molecule is CCOC(=O)c1oc2ccc(S(=O)(=O)N3CCC[C@H]3c3ccc(F)cc3)cc2c1C. The van der Waals surface area contributed by atoms with Crippen LogP contribution in [0.4, 0.5) is 4.39 Å². The molecule has 0 spiro atoms. The molecule has 1 aliphatic heterocycles. The van der Waals surface area contributed by atoms with E-state index in [0.29, 0.717) is 29.5 Å². The van der Waals surface area contributed by atoms with Gasteiger partial charge in [-0.2, -0.15) is 4.31 Å². The number of fused-ring (bicyclic) bond motifs is 1. The lowest BCUT2D eigenvalue weighted by molar-refractivity contribution is 0.0491. The maximum absolute atomic E-state index is 13.4. The zero-order valence-electron chi connectivity index (χ0n) is 16.7. The quantitative estimate of drug-likeness (QED) is 0.553. The van der Waals surface area contributed by atoms with E-state index in [1.807, 2.05) is 0 Å². The monoisotopic (exact) mass is 431 g/mol. The van der Waals surface area contributed by atoms with Gasteiger partial charge in [-0.15, -0.1) is 0 Å². The van der Waals surface area contributed by atoms with Gasteiger partial charge in [0.15, 0.2) is 0 Å². The number of carbonyl (C=O) groups is 1. The molecule has 0 amide bonds. The number of halogens is 1. The first-order valence-corrected chi connectivity index (χ1v) is 11.2. The second-order valence-corrected chi connectivity index (χ2v) is 9.15. The smallest absolute Gasteiger partial charge is 0.374 e. The van der Waals surface area contributed by atoms with E-state index in [9.17, 15) is 17.6 Å². The third kappa shape index (κ3) is 3.50. The number of esters is 1. The zero-order valence-corrected chi connectivity index (χ0v) is 17.5. The summed E-state index contributed by atoms with van der Waals surface area (Å²) in [6.07, 6.45) is 1.39. The number of aryl methyl sites for hydroxylation is 1. The number of carbonyl (C=O) groups excluding carboxylic acids is 1. The van der Waals surface area contributed by atoms with Gasteiger partial charge in [-0.05, 0) is 62.6 Å². The largest absolute Gasteiger partial charge is 0.460 e. The van der Waals surface area contributed by atoms with Crippen LogP contribution in [0.15, 0.2) is 51.8 Å². The fraction of sp³-hybridized carbons (Fsp3) is 0.318. The normalized spacial score (nSPS) is 17.5. The van der Waals surface area contributed by atoms with Gasteiger partial charge in [0.2, 0.25) is 15.8 Å². The number of benzene rings is 2. The molecular weight excluding hydrogens is 409 g/mol. The number of rotatable bonds is 5. The lowest BCUT2D eigenvalue weighted by Gasteiger charge is -2.24. The van der Waals surface area contributed by atoms with E-state index in [2.05, 4.69) is 0 Å². The molecule has 2 heterocycles. The lowest BCUT2D eigenvalue weighted by atomic mass is 10.1. The van der Waals surface area contributed by atoms with Crippen LogP contribution in [-0.4, -0.2) is 31.8 Å². The van der Waals surface area contributed by atoms with Crippen LogP contribution in [0.1, 0.15) is 47.5 Å². The minimum Gasteiger partial charge on any atom is -0.460 e. The van der Waals surface area contributed by atoms with Gasteiger partial charge >= 0.3 is 5.97 Å². The topological polar surface area (TPSA) is 76.8 Å². The number of hydrogen-bond donors (Lipinski definition) is 0. The molecule has 6 nitrogen and oxygen atoms in total. The van der Waals surface area contributed by atoms with Gasteiger partial charge in [-0.3, -0.25) is 0 Å². The molecule has 0 radical (unpaired) electrons. The molecule has 1 atom stereocenters. The van der Waals surface area contributed by atoms with Gasteiger partial charge in [0, 0.05) is 17.5 Å². The van der Waals surface area contributed by atoms with Crippen molar-refractivity contribution in [2.75, 3.05) is 13.2 Å². The van der Waals surface area contributed by atoms with Crippen molar-refractivity contribution in [2.24, 2.45) is 0 Å². The highest BCUT2D eigenvalue weighted by atomic mass is 32.2. The van der Waals surface area contributed by atoms with Crippen molar-refractivity contribution in [2.45, 2.75) is 37.6 Å². The summed E-state index contributed by atoms with van der Waals surface area (Å²) in [6.45, 7) is 4.01. The van der Waals surface area contributed by atoms with Gasteiger partial charge in [-0.1, -0.05) is 12.1 Å². The molecule has 0 saturated carbocycles. The Morgan fingerprint density at radius 1 is 1.23 bits per heavy atom. The fourth-order valence-corrected chi connectivity index (χ4v) is 5.64. The first-order valence-electron chi connectivity index (χ1n) is 9.80. The number of ether oxygens (including phenoxy) is 1. The molecule has 0 unspecified atom stereocenters. The maximum atomic E-state index is 13.4. The van der Waals surface area contributed by atoms with Crippen molar-refractivity contribution in [3.8, 4) is 0 Å². The molecule has 1 fully saturated rings. The van der Waals surface area contributed by atoms with Crippen LogP contribution >= 0.6 is 0 Å². The Balaban J connectivity index is 1.72. The van der Waals surface area contributed by atoms with Crippen molar-refractivity contribution in [1.29, 1.82) is 0 Å². The second kappa shape index (κ2) is 7.85. The molecule has 1 saturated heterocycles. The summed E-state index contributed by atoms with van der Waals surface area (Å²) in [5, 5.41) is 0.552. The zero-order chi connectivity index (χ0) is 21.5. The van der Waals surface area contributed by atoms with Crippen LogP contribution in [0.3, 0.4) is 0 Å². The van der Waals surface area contributed by atoms with E-state index in [1.54, 1.807) is 32.0 Å². The van der Waals surface area contributed by atoms with E-state index >= 15 is 0 Å². The molecule has 2 aromatic carbocycles. The summed E-state index contributed by atoms with van der Waals surface area (Å²) in [4.78, 5) is 12.2. The number of furan rings is 1. The number of hydrogen-bond acceptors (Lipinski definition) is 5. The van der Waals surface area contributed by atoms with Crippen molar-refractivity contribution in [3.05, 3.63) is 65.2 Å². The average Bonchev–Trinajstić information content (AvgIpc) is 3.34. The summed E-state index contributed by atoms with van der Waals surface area (Å²) in [5.41, 5.74) is 1.73. The van der Waals surface area contributed by atoms with Crippen LogP contribution in [0.2, 0.25) is 0 Å². The first kappa shape index (κ1) is 20.6. The van der Waals surface area contributed by atoms with Crippen molar-refractivity contribution in [1.82, 2.24) is 4.31 Å². The molecule has 1 aromatic heterocycles. The Morgan fingerprint density at radius 3 is 2.67 bits per heavy atom. The number of sulfonamides is 1. The summed E-state index contributed by atoms with van der Waals surface area (Å²) in [5.74, 6) is -0.859. The van der Waals surface area contributed by atoms with Crippen molar-refractivity contribution < 1.29 is 26.8 Å². The van der Waals surface area contributed by atoms with Crippen LogP contribution in [0, 0.1) is 12.7 Å². The van der Waals surface area contributed by atoms with E-state index < -0.39 is 16.0 Å². The van der Waals surface area contributed by atoms with Crippen molar-refractivity contribution >= 4 is 27.0 Å². The standard InChI is InChI=1S/C22H22FNO5S/c1-3-28-22(25)21-14(2)18-13-17(10-11-20(18)29-21)30(26,27)24-12-4-5-19(24)15-6-8-16(23)9-7-15/h6-11,13,19H,3-5,12H2,1-2H3/t19-/m0/s1. The Hall–Kier alpha value is -2.71. The molecule has 0 bridgehead atoms. The van der Waals surface area contributed by atoms with E-state index in [1.165, 1.54) is 28.6 Å². The minimum atomic E-state index is -3.79. The highest BCUT2D eigenvalue weighted by Crippen LogP contribution is 2.37. The van der Waals surface area contributed by atoms with Crippen LogP contribution in [-0.2, 0) is 14.8 Å². The van der Waals surface area contributed by atoms with Gasteiger partial charge in [0.1, 0.15) is 11.4 Å². The number of nitrogens with zero attached hydrogens (tertiary/aromatic N) is 1. The average molecular weight is 431 g/mol.